The van der Waals surface area contributed by atoms with Gasteiger partial charge in [-0.05, 0) is 64.6 Å². The maximum Gasteiger partial charge on any atom is 0.252 e. The van der Waals surface area contributed by atoms with E-state index in [0.717, 1.165) is 11.1 Å². The van der Waals surface area contributed by atoms with Crippen LogP contribution in [0.3, 0.4) is 0 Å². The zero-order chi connectivity index (χ0) is 21.0. The summed E-state index contributed by atoms with van der Waals surface area (Å²) in [6.45, 7) is -0.0252. The third kappa shape index (κ3) is 4.67. The standard InChI is InChI=1S/C19H19Cl2N5O3/c1-29-18-13(6-12(4-5-27)11-2-3-16(20)17(21)8-11)7-14(9-15(18)19(22)28)26-10-23-24-25-26/h2-3,7-10,12,27H,4-6H2,1H3,(H2,22,28). The molecular formula is C19H19Cl2N5O3. The molecule has 0 aliphatic rings. The molecule has 1 aromatic heterocycles. The van der Waals surface area contributed by atoms with Crippen molar-refractivity contribution in [3.05, 3.63) is 63.4 Å². The normalized spacial score (nSPS) is 12.0. The van der Waals surface area contributed by atoms with Gasteiger partial charge in [-0.15, -0.1) is 5.10 Å². The van der Waals surface area contributed by atoms with Crippen LogP contribution in [0.25, 0.3) is 5.69 Å². The number of aliphatic hydroxyl groups is 1. The highest BCUT2D eigenvalue weighted by atomic mass is 35.5. The number of carbonyl (C=O) groups excluding carboxylic acids is 1. The van der Waals surface area contributed by atoms with Gasteiger partial charge in [-0.3, -0.25) is 4.79 Å². The van der Waals surface area contributed by atoms with Crippen LogP contribution in [-0.2, 0) is 6.42 Å². The number of rotatable bonds is 8. The van der Waals surface area contributed by atoms with E-state index in [-0.39, 0.29) is 18.1 Å². The number of ether oxygens (including phenoxy) is 1. The largest absolute Gasteiger partial charge is 0.496 e. The number of nitrogens with zero attached hydrogens (tertiary/aromatic N) is 4. The van der Waals surface area contributed by atoms with E-state index in [2.05, 4.69) is 15.5 Å². The maximum absolute atomic E-state index is 12.0. The van der Waals surface area contributed by atoms with Gasteiger partial charge in [0.25, 0.3) is 5.91 Å². The minimum atomic E-state index is -0.633. The van der Waals surface area contributed by atoms with Gasteiger partial charge in [-0.1, -0.05) is 29.3 Å². The van der Waals surface area contributed by atoms with Crippen LogP contribution >= 0.6 is 23.2 Å². The van der Waals surface area contributed by atoms with E-state index in [9.17, 15) is 9.90 Å². The summed E-state index contributed by atoms with van der Waals surface area (Å²) < 4.78 is 6.92. The molecule has 152 valence electrons. The van der Waals surface area contributed by atoms with E-state index < -0.39 is 5.91 Å². The number of aromatic nitrogens is 4. The van der Waals surface area contributed by atoms with Crippen molar-refractivity contribution < 1.29 is 14.6 Å². The molecule has 0 aliphatic carbocycles. The topological polar surface area (TPSA) is 116 Å². The second kappa shape index (κ2) is 9.21. The fourth-order valence-corrected chi connectivity index (χ4v) is 3.54. The highest BCUT2D eigenvalue weighted by Gasteiger charge is 2.21. The zero-order valence-corrected chi connectivity index (χ0v) is 17.1. The Morgan fingerprint density at radius 1 is 1.28 bits per heavy atom. The van der Waals surface area contributed by atoms with Crippen molar-refractivity contribution in [2.24, 2.45) is 5.73 Å². The number of benzene rings is 2. The summed E-state index contributed by atoms with van der Waals surface area (Å²) in [7, 11) is 1.47. The van der Waals surface area contributed by atoms with E-state index in [1.54, 1.807) is 18.2 Å². The van der Waals surface area contributed by atoms with Gasteiger partial charge in [-0.2, -0.15) is 0 Å². The van der Waals surface area contributed by atoms with Crippen molar-refractivity contribution in [1.82, 2.24) is 20.2 Å². The molecule has 3 rings (SSSR count). The van der Waals surface area contributed by atoms with Gasteiger partial charge >= 0.3 is 0 Å². The Bertz CT molecular complexity index is 1010. The number of halogens is 2. The van der Waals surface area contributed by atoms with Crippen LogP contribution in [0.4, 0.5) is 0 Å². The lowest BCUT2D eigenvalue weighted by Gasteiger charge is -2.20. The lowest BCUT2D eigenvalue weighted by Crippen LogP contribution is -2.16. The van der Waals surface area contributed by atoms with Gasteiger partial charge in [0.15, 0.2) is 0 Å². The smallest absolute Gasteiger partial charge is 0.252 e. The van der Waals surface area contributed by atoms with Crippen LogP contribution in [0.2, 0.25) is 10.0 Å². The van der Waals surface area contributed by atoms with Crippen molar-refractivity contribution in [3.63, 3.8) is 0 Å². The molecule has 0 saturated heterocycles. The molecule has 0 saturated carbocycles. The first kappa shape index (κ1) is 21.0. The average Bonchev–Trinajstić information content (AvgIpc) is 3.24. The quantitative estimate of drug-likeness (QED) is 0.561. The Balaban J connectivity index is 2.08. The molecule has 1 heterocycles. The molecule has 0 fully saturated rings. The Hall–Kier alpha value is -2.68. The van der Waals surface area contributed by atoms with Crippen LogP contribution in [0.15, 0.2) is 36.7 Å². The summed E-state index contributed by atoms with van der Waals surface area (Å²) in [6, 6.07) is 8.75. The van der Waals surface area contributed by atoms with Crippen LogP contribution in [-0.4, -0.2) is 44.9 Å². The minimum Gasteiger partial charge on any atom is -0.496 e. The predicted molar refractivity (Wildman–Crippen MR) is 109 cm³/mol. The number of amides is 1. The fourth-order valence-electron chi connectivity index (χ4n) is 3.23. The van der Waals surface area contributed by atoms with Gasteiger partial charge in [0, 0.05) is 6.61 Å². The highest BCUT2D eigenvalue weighted by Crippen LogP contribution is 2.35. The lowest BCUT2D eigenvalue weighted by atomic mass is 9.88. The molecule has 8 nitrogen and oxygen atoms in total. The van der Waals surface area contributed by atoms with Crippen LogP contribution in [0.1, 0.15) is 33.8 Å². The number of methoxy groups -OCH3 is 1. The van der Waals surface area contributed by atoms with Crippen molar-refractivity contribution in [1.29, 1.82) is 0 Å². The number of hydrogen-bond donors (Lipinski definition) is 2. The van der Waals surface area contributed by atoms with Crippen LogP contribution in [0, 0.1) is 0 Å². The number of aliphatic hydroxyl groups excluding tert-OH is 1. The summed E-state index contributed by atoms with van der Waals surface area (Å²) in [5.41, 5.74) is 7.98. The Morgan fingerprint density at radius 2 is 2.07 bits per heavy atom. The third-order valence-corrected chi connectivity index (χ3v) is 5.33. The van der Waals surface area contributed by atoms with Crippen molar-refractivity contribution in [2.75, 3.05) is 13.7 Å². The Labute approximate surface area is 177 Å². The first-order valence-corrected chi connectivity index (χ1v) is 9.50. The third-order valence-electron chi connectivity index (χ3n) is 4.59. The summed E-state index contributed by atoms with van der Waals surface area (Å²) in [5, 5.41) is 21.6. The molecule has 3 aromatic rings. The van der Waals surface area contributed by atoms with Crippen LogP contribution in [0.5, 0.6) is 5.75 Å². The molecule has 1 unspecified atom stereocenters. The molecule has 10 heteroatoms. The zero-order valence-electron chi connectivity index (χ0n) is 15.5. The van der Waals surface area contributed by atoms with Crippen LogP contribution < -0.4 is 10.5 Å². The fraction of sp³-hybridized carbons (Fsp3) is 0.263. The maximum atomic E-state index is 12.0. The summed E-state index contributed by atoms with van der Waals surface area (Å²) in [5.74, 6) is -0.364. The molecule has 1 atom stereocenters. The van der Waals surface area contributed by atoms with E-state index >= 15 is 0 Å². The molecule has 2 aromatic carbocycles. The van der Waals surface area contributed by atoms with E-state index in [1.807, 2.05) is 12.1 Å². The molecule has 0 bridgehead atoms. The number of tetrazole rings is 1. The van der Waals surface area contributed by atoms with Gasteiger partial charge < -0.3 is 15.6 Å². The predicted octanol–water partition coefficient (Wildman–Crippen LogP) is 2.79. The average molecular weight is 436 g/mol. The first-order chi connectivity index (χ1) is 13.9. The van der Waals surface area contributed by atoms with E-state index in [4.69, 9.17) is 33.7 Å². The van der Waals surface area contributed by atoms with Gasteiger partial charge in [0.2, 0.25) is 0 Å². The number of nitrogens with two attached hydrogens (primary N) is 1. The van der Waals surface area contributed by atoms with Gasteiger partial charge in [0.1, 0.15) is 12.1 Å². The van der Waals surface area contributed by atoms with E-state index in [1.165, 1.54) is 18.1 Å². The van der Waals surface area contributed by atoms with Crippen molar-refractivity contribution in [2.45, 2.75) is 18.8 Å². The Kier molecular flexibility index (Phi) is 6.68. The molecule has 0 radical (unpaired) electrons. The summed E-state index contributed by atoms with van der Waals surface area (Å²) in [4.78, 5) is 12.0. The Morgan fingerprint density at radius 3 is 2.66 bits per heavy atom. The number of hydrogen-bond acceptors (Lipinski definition) is 6. The second-order valence-electron chi connectivity index (χ2n) is 6.39. The number of primary amides is 1. The first-order valence-electron chi connectivity index (χ1n) is 8.74. The van der Waals surface area contributed by atoms with Crippen molar-refractivity contribution in [3.8, 4) is 11.4 Å². The lowest BCUT2D eigenvalue weighted by molar-refractivity contribution is 0.0997. The minimum absolute atomic E-state index is 0.0252. The SMILES string of the molecule is COc1c(CC(CCO)c2ccc(Cl)c(Cl)c2)cc(-n2cnnn2)cc1C(N)=O. The molecule has 0 spiro atoms. The summed E-state index contributed by atoms with van der Waals surface area (Å²) >= 11 is 12.2. The van der Waals surface area contributed by atoms with Crippen molar-refractivity contribution >= 4 is 29.1 Å². The molecule has 3 N–H and O–H groups in total. The number of carbonyl (C=O) groups is 1. The molecule has 29 heavy (non-hydrogen) atoms. The van der Waals surface area contributed by atoms with E-state index in [0.29, 0.717) is 34.3 Å². The van der Waals surface area contributed by atoms with Gasteiger partial charge in [0.05, 0.1) is 28.4 Å². The summed E-state index contributed by atoms with van der Waals surface area (Å²) in [6.07, 6.45) is 2.35. The highest BCUT2D eigenvalue weighted by molar-refractivity contribution is 6.42. The molecule has 1 amide bonds. The molecule has 0 aliphatic heterocycles. The van der Waals surface area contributed by atoms with Gasteiger partial charge in [-0.25, -0.2) is 4.68 Å². The monoisotopic (exact) mass is 435 g/mol. The second-order valence-corrected chi connectivity index (χ2v) is 7.21. The molecular weight excluding hydrogens is 417 g/mol.